The van der Waals surface area contributed by atoms with Crippen LogP contribution in [-0.2, 0) is 42.9 Å². The summed E-state index contributed by atoms with van der Waals surface area (Å²) in [7, 11) is 0. The average Bonchev–Trinajstić information content (AvgIpc) is 3.52. The maximum Gasteiger partial charge on any atom is 0.335 e. The second-order valence-corrected chi connectivity index (χ2v) is 22.7. The molecule has 81 heavy (non-hydrogen) atoms. The molecule has 1 heterocycles. The van der Waals surface area contributed by atoms with Crippen LogP contribution in [0.1, 0.15) is 303 Å². The molecule has 3 N–H and O–H groups in total. The van der Waals surface area contributed by atoms with Crippen molar-refractivity contribution in [2.75, 3.05) is 13.2 Å². The second kappa shape index (κ2) is 56.9. The van der Waals surface area contributed by atoms with Crippen molar-refractivity contribution in [3.05, 3.63) is 60.8 Å². The summed E-state index contributed by atoms with van der Waals surface area (Å²) in [4.78, 5) is 51.4. The van der Waals surface area contributed by atoms with Gasteiger partial charge in [0.2, 0.25) is 0 Å². The van der Waals surface area contributed by atoms with Gasteiger partial charge in [-0.1, -0.05) is 261 Å². The molecule has 0 aliphatic carbocycles. The monoisotopic (exact) mass is 1140 g/mol. The number of carboxylic acids is 1. The Bertz CT molecular complexity index is 1640. The minimum Gasteiger partial charge on any atom is -0.479 e. The Kier molecular flexibility index (Phi) is 53.0. The molecule has 0 saturated carbocycles. The molecule has 1 aliphatic rings. The van der Waals surface area contributed by atoms with Crippen LogP contribution in [-0.4, -0.2) is 89.2 Å². The fraction of sp³-hybridized carbons (Fsp3) is 0.797. The predicted molar refractivity (Wildman–Crippen MR) is 331 cm³/mol. The highest BCUT2D eigenvalue weighted by Gasteiger charge is 2.50. The average molecular weight is 1140 g/mol. The van der Waals surface area contributed by atoms with E-state index in [0.29, 0.717) is 19.3 Å². The molecule has 0 spiro atoms. The van der Waals surface area contributed by atoms with Crippen LogP contribution in [0.4, 0.5) is 0 Å². The standard InChI is InChI=1S/C69H120O12/c1-4-7-10-13-16-19-22-25-28-30-31-33-35-37-40-43-46-49-52-55-61(70)77-58-60(79-62(71)56-53-50-47-44-41-39-36-32-29-26-23-20-17-14-11-8-5-2)59-78-69-67(65(74)64(73)66(81-69)68(75)76)80-63(72)57-54-51-48-45-42-38-34-27-24-21-18-15-12-9-6-3/h8,11,17,20,25-26,28-29,36,39,60,64-67,69,73-74H,4-7,9-10,12-16,18-19,21-24,27,30-35,37-38,40-59H2,1-3H3,(H,75,76)/b11-8-,20-17-,28-25-,29-26-,39-36-. The number of carboxylic acid groups (broad SMARTS) is 1. The van der Waals surface area contributed by atoms with Crippen molar-refractivity contribution in [1.82, 2.24) is 0 Å². The molecule has 1 rings (SSSR count). The molecule has 6 atom stereocenters. The van der Waals surface area contributed by atoms with E-state index in [9.17, 15) is 34.5 Å². The third-order valence-corrected chi connectivity index (χ3v) is 15.1. The van der Waals surface area contributed by atoms with Gasteiger partial charge in [-0.2, -0.15) is 0 Å². The van der Waals surface area contributed by atoms with Crippen molar-refractivity contribution in [2.24, 2.45) is 0 Å². The number of aliphatic hydroxyl groups excluding tert-OH is 2. The first-order chi connectivity index (χ1) is 39.6. The number of hydrogen-bond acceptors (Lipinski definition) is 11. The van der Waals surface area contributed by atoms with Crippen LogP contribution < -0.4 is 0 Å². The third-order valence-electron chi connectivity index (χ3n) is 15.1. The molecular formula is C69H120O12. The summed E-state index contributed by atoms with van der Waals surface area (Å²) in [6.45, 7) is 5.90. The van der Waals surface area contributed by atoms with E-state index in [1.165, 1.54) is 148 Å². The highest BCUT2D eigenvalue weighted by molar-refractivity contribution is 5.74. The fourth-order valence-corrected chi connectivity index (χ4v) is 10.0. The van der Waals surface area contributed by atoms with Gasteiger partial charge in [-0.15, -0.1) is 0 Å². The summed E-state index contributed by atoms with van der Waals surface area (Å²) in [5, 5.41) is 31.6. The molecule has 1 aliphatic heterocycles. The maximum atomic E-state index is 13.2. The summed E-state index contributed by atoms with van der Waals surface area (Å²) < 4.78 is 28.5. The Labute approximate surface area is 494 Å². The molecule has 12 nitrogen and oxygen atoms in total. The minimum atomic E-state index is -1.91. The molecule has 0 aromatic carbocycles. The number of aliphatic carboxylic acids is 1. The van der Waals surface area contributed by atoms with Crippen molar-refractivity contribution in [3.8, 4) is 0 Å². The SMILES string of the molecule is CC/C=C\C/C=C\C/C=C\C/C=C\CCCCCCC(=O)OC(COC(=O)CCCCCCCCCCC/C=C\CCCCCCCC)COC1OC(C(=O)O)C(O)C(O)C1OC(=O)CCCCCCCCCCCCCCCCC. The minimum absolute atomic E-state index is 0.0605. The Balaban J connectivity index is 2.66. The number of carbonyl (C=O) groups excluding carboxylic acids is 3. The number of ether oxygens (including phenoxy) is 5. The van der Waals surface area contributed by atoms with E-state index in [1.54, 1.807) is 0 Å². The zero-order valence-corrected chi connectivity index (χ0v) is 51.8. The number of esters is 3. The topological polar surface area (TPSA) is 175 Å². The zero-order chi connectivity index (χ0) is 58.9. The number of rotatable bonds is 57. The van der Waals surface area contributed by atoms with Gasteiger partial charge in [0.05, 0.1) is 6.61 Å². The van der Waals surface area contributed by atoms with Gasteiger partial charge in [-0.25, -0.2) is 4.79 Å². The molecular weight excluding hydrogens is 1020 g/mol. The molecule has 0 bridgehead atoms. The molecule has 6 unspecified atom stereocenters. The van der Waals surface area contributed by atoms with Gasteiger partial charge in [0.15, 0.2) is 24.6 Å². The van der Waals surface area contributed by atoms with Crippen LogP contribution in [0.3, 0.4) is 0 Å². The normalized spacial score (nSPS) is 18.1. The van der Waals surface area contributed by atoms with E-state index in [1.807, 2.05) is 0 Å². The lowest BCUT2D eigenvalue weighted by atomic mass is 9.98. The third kappa shape index (κ3) is 46.5. The number of hydrogen-bond donors (Lipinski definition) is 3. The van der Waals surface area contributed by atoms with Gasteiger partial charge in [0.25, 0.3) is 0 Å². The molecule has 12 heteroatoms. The molecule has 468 valence electrons. The summed E-state index contributed by atoms with van der Waals surface area (Å²) >= 11 is 0. The van der Waals surface area contributed by atoms with E-state index in [0.717, 1.165) is 96.3 Å². The smallest absolute Gasteiger partial charge is 0.335 e. The summed E-state index contributed by atoms with van der Waals surface area (Å²) in [5.41, 5.74) is 0. The zero-order valence-electron chi connectivity index (χ0n) is 51.8. The van der Waals surface area contributed by atoms with E-state index in [-0.39, 0.29) is 25.9 Å². The predicted octanol–water partition coefficient (Wildman–Crippen LogP) is 17.9. The van der Waals surface area contributed by atoms with Gasteiger partial charge < -0.3 is 39.0 Å². The highest BCUT2D eigenvalue weighted by atomic mass is 16.7. The lowest BCUT2D eigenvalue weighted by molar-refractivity contribution is -0.301. The van der Waals surface area contributed by atoms with Crippen molar-refractivity contribution in [1.29, 1.82) is 0 Å². The van der Waals surface area contributed by atoms with Crippen LogP contribution in [0, 0.1) is 0 Å². The van der Waals surface area contributed by atoms with Crippen molar-refractivity contribution >= 4 is 23.9 Å². The highest BCUT2D eigenvalue weighted by Crippen LogP contribution is 2.27. The summed E-state index contributed by atoms with van der Waals surface area (Å²) in [6.07, 6.45) is 58.9. The first-order valence-electron chi connectivity index (χ1n) is 33.3. The molecule has 0 amide bonds. The number of aliphatic hydroxyl groups is 2. The number of allylic oxidation sites excluding steroid dienone is 10. The van der Waals surface area contributed by atoms with Gasteiger partial charge in [-0.3, -0.25) is 14.4 Å². The second-order valence-electron chi connectivity index (χ2n) is 22.7. The quantitative estimate of drug-likeness (QED) is 0.0228. The van der Waals surface area contributed by atoms with E-state index < -0.39 is 67.3 Å². The van der Waals surface area contributed by atoms with Crippen molar-refractivity contribution in [2.45, 2.75) is 340 Å². The molecule has 1 saturated heterocycles. The van der Waals surface area contributed by atoms with Gasteiger partial charge in [0.1, 0.15) is 18.8 Å². The van der Waals surface area contributed by atoms with Crippen LogP contribution in [0.2, 0.25) is 0 Å². The Hall–Kier alpha value is -3.58. The number of carbonyl (C=O) groups is 4. The lowest BCUT2D eigenvalue weighted by Gasteiger charge is -2.40. The van der Waals surface area contributed by atoms with Crippen LogP contribution in [0.15, 0.2) is 60.8 Å². The fourth-order valence-electron chi connectivity index (χ4n) is 10.0. The molecule has 0 aromatic rings. The van der Waals surface area contributed by atoms with E-state index in [4.69, 9.17) is 23.7 Å². The number of unbranched alkanes of at least 4 members (excludes halogenated alkanes) is 33. The van der Waals surface area contributed by atoms with Crippen molar-refractivity contribution < 1.29 is 58.2 Å². The van der Waals surface area contributed by atoms with Crippen LogP contribution >= 0.6 is 0 Å². The Morgan fingerprint density at radius 3 is 1.20 bits per heavy atom. The molecule has 0 aromatic heterocycles. The molecule has 1 fully saturated rings. The first-order valence-corrected chi connectivity index (χ1v) is 33.3. The summed E-state index contributed by atoms with van der Waals surface area (Å²) in [6, 6.07) is 0. The van der Waals surface area contributed by atoms with E-state index >= 15 is 0 Å². The van der Waals surface area contributed by atoms with Crippen molar-refractivity contribution in [3.63, 3.8) is 0 Å². The van der Waals surface area contributed by atoms with Crippen LogP contribution in [0.25, 0.3) is 0 Å². The molecule has 0 radical (unpaired) electrons. The first kappa shape index (κ1) is 75.4. The van der Waals surface area contributed by atoms with E-state index in [2.05, 4.69) is 81.5 Å². The summed E-state index contributed by atoms with van der Waals surface area (Å²) in [5.74, 6) is -3.13. The maximum absolute atomic E-state index is 13.2. The van der Waals surface area contributed by atoms with Gasteiger partial charge in [-0.05, 0) is 83.5 Å². The largest absolute Gasteiger partial charge is 0.479 e. The Morgan fingerprint density at radius 2 is 0.778 bits per heavy atom. The van der Waals surface area contributed by atoms with Gasteiger partial charge >= 0.3 is 23.9 Å². The lowest BCUT2D eigenvalue weighted by Crippen LogP contribution is -2.61. The van der Waals surface area contributed by atoms with Gasteiger partial charge in [0, 0.05) is 19.3 Å². The van der Waals surface area contributed by atoms with Crippen LogP contribution in [0.5, 0.6) is 0 Å². The Morgan fingerprint density at radius 1 is 0.420 bits per heavy atom.